The van der Waals surface area contributed by atoms with Crippen LogP contribution in [0.15, 0.2) is 67.0 Å². The van der Waals surface area contributed by atoms with E-state index >= 15 is 0 Å². The zero-order valence-corrected chi connectivity index (χ0v) is 24.6. The number of hydrogen-bond acceptors (Lipinski definition) is 6. The van der Waals surface area contributed by atoms with E-state index in [0.717, 1.165) is 42.2 Å². The van der Waals surface area contributed by atoms with E-state index in [2.05, 4.69) is 30.8 Å². The Morgan fingerprint density at radius 1 is 1.04 bits per heavy atom. The van der Waals surface area contributed by atoms with Gasteiger partial charge in [-0.25, -0.2) is 4.98 Å². The lowest BCUT2D eigenvalue weighted by molar-refractivity contribution is -0.137. The normalized spacial score (nSPS) is 16.4. The van der Waals surface area contributed by atoms with Crippen LogP contribution in [0.25, 0.3) is 11.6 Å². The minimum absolute atomic E-state index is 0.0151. The molecule has 3 heterocycles. The molecule has 1 saturated heterocycles. The van der Waals surface area contributed by atoms with Crippen LogP contribution >= 0.6 is 0 Å². The predicted octanol–water partition coefficient (Wildman–Crippen LogP) is 6.70. The number of ether oxygens (including phenoxy) is 1. The number of nitrogens with zero attached hydrogens (tertiary/aromatic N) is 2. The quantitative estimate of drug-likeness (QED) is 0.172. The van der Waals surface area contributed by atoms with Gasteiger partial charge in [-0.1, -0.05) is 12.1 Å². The first kappa shape index (κ1) is 29.9. The molecule has 0 unspecified atom stereocenters. The van der Waals surface area contributed by atoms with Crippen molar-refractivity contribution in [1.82, 2.24) is 14.9 Å². The molecule has 232 valence electrons. The predicted molar refractivity (Wildman–Crippen MR) is 167 cm³/mol. The third kappa shape index (κ3) is 6.86. The van der Waals surface area contributed by atoms with Crippen LogP contribution in [0.4, 0.5) is 35.9 Å². The highest BCUT2D eigenvalue weighted by molar-refractivity contribution is 6.35. The number of anilines is 4. The van der Waals surface area contributed by atoms with Gasteiger partial charge in [0.25, 0.3) is 11.8 Å². The average molecular weight is 617 g/mol. The van der Waals surface area contributed by atoms with Crippen molar-refractivity contribution >= 4 is 46.2 Å². The van der Waals surface area contributed by atoms with Gasteiger partial charge < -0.3 is 30.6 Å². The number of hydrogen-bond donors (Lipinski definition) is 4. The Morgan fingerprint density at radius 2 is 1.80 bits per heavy atom. The molecule has 1 aromatic heterocycles. The Morgan fingerprint density at radius 3 is 2.53 bits per heavy atom. The maximum Gasteiger partial charge on any atom is 0.416 e. The van der Waals surface area contributed by atoms with Gasteiger partial charge in [-0.3, -0.25) is 9.59 Å². The lowest BCUT2D eigenvalue weighted by Gasteiger charge is -2.29. The fraction of sp³-hybridized carbons (Fsp3) is 0.242. The summed E-state index contributed by atoms with van der Waals surface area (Å²) in [5.41, 5.74) is 4.02. The van der Waals surface area contributed by atoms with Crippen molar-refractivity contribution in [3.8, 4) is 5.75 Å². The highest BCUT2D eigenvalue weighted by atomic mass is 19.4. The number of fused-ring (bicyclic) bond motifs is 1. The maximum atomic E-state index is 13.7. The molecule has 0 saturated carbocycles. The van der Waals surface area contributed by atoms with Gasteiger partial charge >= 0.3 is 6.18 Å². The lowest BCUT2D eigenvalue weighted by atomic mass is 10.0. The van der Waals surface area contributed by atoms with Crippen LogP contribution in [0.1, 0.15) is 45.7 Å². The molecule has 12 heteroatoms. The van der Waals surface area contributed by atoms with E-state index in [-0.39, 0.29) is 23.3 Å². The number of imidazole rings is 1. The number of halogens is 3. The van der Waals surface area contributed by atoms with E-state index in [4.69, 9.17) is 4.74 Å². The Labute approximate surface area is 257 Å². The van der Waals surface area contributed by atoms with Crippen molar-refractivity contribution < 1.29 is 27.5 Å². The van der Waals surface area contributed by atoms with Crippen molar-refractivity contribution in [2.45, 2.75) is 32.0 Å². The first-order chi connectivity index (χ1) is 21.5. The summed E-state index contributed by atoms with van der Waals surface area (Å²) in [6.45, 7) is 3.42. The molecule has 0 bridgehead atoms. The smallest absolute Gasteiger partial charge is 0.416 e. The fourth-order valence-corrected chi connectivity index (χ4v) is 5.38. The molecule has 2 aliphatic heterocycles. The second-order valence-corrected chi connectivity index (χ2v) is 11.2. The highest BCUT2D eigenvalue weighted by Crippen LogP contribution is 2.37. The molecule has 4 N–H and O–H groups in total. The van der Waals surface area contributed by atoms with E-state index in [1.54, 1.807) is 42.7 Å². The van der Waals surface area contributed by atoms with Gasteiger partial charge in [0, 0.05) is 41.3 Å². The molecule has 45 heavy (non-hydrogen) atoms. The molecule has 9 nitrogen and oxygen atoms in total. The number of nitrogens with one attached hydrogen (secondary N) is 4. The molecular weight excluding hydrogens is 585 g/mol. The standard InChI is InChI=1S/C33H31F3N6O3/c1-19-29(38-18-37-19)17-28-27-7-6-24(16-30(27)41-32(28)44)39-22-4-3-5-23(15-22)40-31(43)20-12-21(33(34,35)36)14-26(13-20)45-25-8-10-42(2)11-9-25/h3-7,12-18,25,39H,8-11H2,1-2H3,(H,37,38)(H,40,43)(H,41,44)/b28-17-. The summed E-state index contributed by atoms with van der Waals surface area (Å²) < 4.78 is 47.1. The number of benzene rings is 3. The zero-order valence-electron chi connectivity index (χ0n) is 24.6. The van der Waals surface area contributed by atoms with E-state index < -0.39 is 17.6 Å². The largest absolute Gasteiger partial charge is 0.490 e. The summed E-state index contributed by atoms with van der Waals surface area (Å²) in [5.74, 6) is -0.907. The molecule has 2 amide bonds. The van der Waals surface area contributed by atoms with Crippen LogP contribution in [-0.4, -0.2) is 52.9 Å². The number of likely N-dealkylation sites (tertiary alicyclic amines) is 1. The summed E-state index contributed by atoms with van der Waals surface area (Å²) in [5, 5.41) is 8.82. The summed E-state index contributed by atoms with van der Waals surface area (Å²) >= 11 is 0. The van der Waals surface area contributed by atoms with Crippen molar-refractivity contribution in [2.24, 2.45) is 0 Å². The number of H-pyrrole nitrogens is 1. The molecule has 0 radical (unpaired) electrons. The number of aromatic amines is 1. The van der Waals surface area contributed by atoms with Gasteiger partial charge in [0.05, 0.1) is 34.5 Å². The van der Waals surface area contributed by atoms with Crippen LogP contribution in [0.3, 0.4) is 0 Å². The molecule has 0 atom stereocenters. The third-order valence-electron chi connectivity index (χ3n) is 7.83. The number of rotatable bonds is 7. The lowest BCUT2D eigenvalue weighted by Crippen LogP contribution is -2.35. The monoisotopic (exact) mass is 616 g/mol. The number of alkyl halides is 3. The first-order valence-electron chi connectivity index (χ1n) is 14.5. The molecule has 6 rings (SSSR count). The average Bonchev–Trinajstić information content (AvgIpc) is 3.55. The minimum atomic E-state index is -4.64. The Kier molecular flexibility index (Phi) is 8.07. The van der Waals surface area contributed by atoms with Crippen LogP contribution in [-0.2, 0) is 11.0 Å². The molecule has 0 spiro atoms. The number of aryl methyl sites for hydroxylation is 1. The molecule has 1 fully saturated rings. The van der Waals surface area contributed by atoms with Gasteiger partial charge in [-0.2, -0.15) is 13.2 Å². The first-order valence-corrected chi connectivity index (χ1v) is 14.5. The topological polar surface area (TPSA) is 111 Å². The zero-order chi connectivity index (χ0) is 31.7. The number of carbonyl (C=O) groups excluding carboxylic acids is 2. The highest BCUT2D eigenvalue weighted by Gasteiger charge is 2.33. The molecule has 3 aromatic carbocycles. The van der Waals surface area contributed by atoms with Gasteiger partial charge in [-0.15, -0.1) is 0 Å². The second-order valence-electron chi connectivity index (χ2n) is 11.2. The van der Waals surface area contributed by atoms with Gasteiger partial charge in [0.2, 0.25) is 0 Å². The SMILES string of the molecule is Cc1nc[nH]c1/C=C1\C(=O)Nc2cc(Nc3cccc(NC(=O)c4cc(OC5CCN(C)CC5)cc(C(F)(F)F)c4)c3)ccc21. The summed E-state index contributed by atoms with van der Waals surface area (Å²) in [7, 11) is 1.98. The van der Waals surface area contributed by atoms with Crippen LogP contribution in [0, 0.1) is 6.92 Å². The fourth-order valence-electron chi connectivity index (χ4n) is 5.38. The van der Waals surface area contributed by atoms with E-state index in [1.165, 1.54) is 6.07 Å². The van der Waals surface area contributed by atoms with E-state index in [1.807, 2.05) is 26.1 Å². The minimum Gasteiger partial charge on any atom is -0.490 e. The van der Waals surface area contributed by atoms with Crippen LogP contribution in [0.5, 0.6) is 5.75 Å². The van der Waals surface area contributed by atoms with Crippen molar-refractivity contribution in [2.75, 3.05) is 36.1 Å². The summed E-state index contributed by atoms with van der Waals surface area (Å²) in [6.07, 6.45) is -0.159. The van der Waals surface area contributed by atoms with E-state index in [0.29, 0.717) is 41.2 Å². The Balaban J connectivity index is 1.17. The molecule has 2 aliphatic rings. The Bertz CT molecular complexity index is 1790. The number of carbonyl (C=O) groups is 2. The van der Waals surface area contributed by atoms with E-state index in [9.17, 15) is 22.8 Å². The third-order valence-corrected chi connectivity index (χ3v) is 7.83. The van der Waals surface area contributed by atoms with Gasteiger partial charge in [-0.05, 0) is 81.4 Å². The molecular formula is C33H31F3N6O3. The van der Waals surface area contributed by atoms with Crippen LogP contribution in [0.2, 0.25) is 0 Å². The van der Waals surface area contributed by atoms with Crippen molar-refractivity contribution in [1.29, 1.82) is 0 Å². The number of aromatic nitrogens is 2. The second kappa shape index (κ2) is 12.1. The molecule has 4 aromatic rings. The van der Waals surface area contributed by atoms with Crippen molar-refractivity contribution in [3.63, 3.8) is 0 Å². The van der Waals surface area contributed by atoms with Gasteiger partial charge in [0.15, 0.2) is 0 Å². The Hall–Kier alpha value is -5.10. The van der Waals surface area contributed by atoms with Crippen molar-refractivity contribution in [3.05, 3.63) is 95.1 Å². The number of amides is 2. The summed E-state index contributed by atoms with van der Waals surface area (Å²) in [4.78, 5) is 35.1. The van der Waals surface area contributed by atoms with Crippen LogP contribution < -0.4 is 20.7 Å². The molecule has 0 aliphatic carbocycles. The summed E-state index contributed by atoms with van der Waals surface area (Å²) in [6, 6.07) is 15.4. The number of piperidine rings is 1. The maximum absolute atomic E-state index is 13.7. The van der Waals surface area contributed by atoms with Gasteiger partial charge in [0.1, 0.15) is 11.9 Å².